The number of carbonyl (C=O) groups excluding carboxylic acids is 1. The molecule has 0 saturated heterocycles. The molecule has 5 nitrogen and oxygen atoms in total. The number of amides is 1. The van der Waals surface area contributed by atoms with Gasteiger partial charge in [0.15, 0.2) is 5.71 Å². The van der Waals surface area contributed by atoms with Gasteiger partial charge in [-0.2, -0.15) is 0 Å². The van der Waals surface area contributed by atoms with Gasteiger partial charge in [-0.1, -0.05) is 35.5 Å². The number of nitrogens with zero attached hydrogens (tertiary/aromatic N) is 1. The van der Waals surface area contributed by atoms with E-state index in [1.807, 2.05) is 36.4 Å². The molecule has 0 atom stereocenters. The largest absolute Gasteiger partial charge is 0.495 e. The predicted molar refractivity (Wildman–Crippen MR) is 75.4 cm³/mol. The third kappa shape index (κ3) is 1.72. The smallest absolute Gasteiger partial charge is 0.278 e. The van der Waals surface area contributed by atoms with Gasteiger partial charge in [-0.25, -0.2) is 0 Å². The average Bonchev–Trinajstić information content (AvgIpc) is 2.83. The summed E-state index contributed by atoms with van der Waals surface area (Å²) in [6.45, 7) is 0. The second-order valence-corrected chi connectivity index (χ2v) is 4.33. The molecular weight excluding hydrogens is 256 g/mol. The number of methoxy groups -OCH3 is 1. The third-order valence-electron chi connectivity index (χ3n) is 3.26. The number of carbonyl (C=O) groups is 1. The quantitative estimate of drug-likeness (QED) is 0.649. The van der Waals surface area contributed by atoms with Crippen molar-refractivity contribution in [3.05, 3.63) is 48.0 Å². The number of fused-ring (bicyclic) bond motifs is 1. The molecule has 2 aromatic carbocycles. The highest BCUT2D eigenvalue weighted by Gasteiger charge is 2.32. The van der Waals surface area contributed by atoms with Crippen LogP contribution in [0.3, 0.4) is 0 Å². The molecule has 0 fully saturated rings. The number of nitrogens with one attached hydrogen (secondary N) is 1. The minimum absolute atomic E-state index is 0.00208. The summed E-state index contributed by atoms with van der Waals surface area (Å²) in [5.74, 6) is 0.0934. The van der Waals surface area contributed by atoms with Crippen LogP contribution in [0.1, 0.15) is 5.56 Å². The first-order valence-corrected chi connectivity index (χ1v) is 6.06. The van der Waals surface area contributed by atoms with Gasteiger partial charge in [0.1, 0.15) is 5.75 Å². The van der Waals surface area contributed by atoms with Crippen molar-refractivity contribution in [3.8, 4) is 16.9 Å². The molecule has 0 bridgehead atoms. The molecule has 0 spiro atoms. The van der Waals surface area contributed by atoms with E-state index in [9.17, 15) is 4.79 Å². The second-order valence-electron chi connectivity index (χ2n) is 4.33. The number of hydrogen-bond acceptors (Lipinski definition) is 4. The van der Waals surface area contributed by atoms with Crippen molar-refractivity contribution in [2.45, 2.75) is 0 Å². The molecular formula is C15H12N2O3. The zero-order valence-electron chi connectivity index (χ0n) is 10.8. The van der Waals surface area contributed by atoms with Crippen LogP contribution >= 0.6 is 0 Å². The fourth-order valence-electron chi connectivity index (χ4n) is 2.36. The lowest BCUT2D eigenvalue weighted by atomic mass is 9.96. The predicted octanol–water partition coefficient (Wildman–Crippen LogP) is 2.49. The molecule has 0 radical (unpaired) electrons. The Bertz CT molecular complexity index is 709. The van der Waals surface area contributed by atoms with E-state index >= 15 is 0 Å². The summed E-state index contributed by atoms with van der Waals surface area (Å²) in [6, 6.07) is 13.2. The molecule has 3 rings (SSSR count). The Labute approximate surface area is 115 Å². The highest BCUT2D eigenvalue weighted by molar-refractivity contribution is 6.55. The van der Waals surface area contributed by atoms with Gasteiger partial charge in [0.2, 0.25) is 0 Å². The molecule has 2 aromatic rings. The van der Waals surface area contributed by atoms with Crippen molar-refractivity contribution in [2.24, 2.45) is 5.16 Å². The van der Waals surface area contributed by atoms with Crippen LogP contribution in [-0.2, 0) is 4.79 Å². The topological polar surface area (TPSA) is 70.9 Å². The minimum atomic E-state index is -0.441. The van der Waals surface area contributed by atoms with Crippen molar-refractivity contribution in [2.75, 3.05) is 12.4 Å². The zero-order valence-corrected chi connectivity index (χ0v) is 10.8. The Balaban J connectivity index is 2.30. The van der Waals surface area contributed by atoms with Gasteiger partial charge in [-0.3, -0.25) is 4.79 Å². The normalized spacial score (nSPS) is 15.1. The lowest BCUT2D eigenvalue weighted by Gasteiger charge is -2.11. The summed E-state index contributed by atoms with van der Waals surface area (Å²) < 4.78 is 5.24. The standard InChI is InChI=1S/C15H12N2O3/c1-20-11-8-7-10(9-5-3-2-4-6-9)12-13(11)16-15(18)14(12)17-19/h2-8,19H,1H3,(H,16,17,18). The molecule has 1 heterocycles. The van der Waals surface area contributed by atoms with Gasteiger partial charge in [0.05, 0.1) is 12.8 Å². The molecule has 1 amide bonds. The van der Waals surface area contributed by atoms with Crippen LogP contribution in [0.25, 0.3) is 11.1 Å². The third-order valence-corrected chi connectivity index (χ3v) is 3.26. The maximum Gasteiger partial charge on any atom is 0.278 e. The Morgan fingerprint density at radius 1 is 1.15 bits per heavy atom. The fourth-order valence-corrected chi connectivity index (χ4v) is 2.36. The van der Waals surface area contributed by atoms with Gasteiger partial charge in [-0.15, -0.1) is 0 Å². The first kappa shape index (κ1) is 12.2. The summed E-state index contributed by atoms with van der Waals surface area (Å²) in [7, 11) is 1.53. The van der Waals surface area contributed by atoms with Gasteiger partial charge in [0.25, 0.3) is 5.91 Å². The molecule has 1 aliphatic rings. The van der Waals surface area contributed by atoms with Crippen molar-refractivity contribution >= 4 is 17.3 Å². The van der Waals surface area contributed by atoms with E-state index in [1.54, 1.807) is 6.07 Å². The highest BCUT2D eigenvalue weighted by atomic mass is 16.5. The monoisotopic (exact) mass is 268 g/mol. The van der Waals surface area contributed by atoms with Crippen LogP contribution in [0.15, 0.2) is 47.6 Å². The number of benzene rings is 2. The van der Waals surface area contributed by atoms with E-state index in [-0.39, 0.29) is 5.71 Å². The van der Waals surface area contributed by atoms with Crippen LogP contribution < -0.4 is 10.1 Å². The van der Waals surface area contributed by atoms with Crippen molar-refractivity contribution in [1.29, 1.82) is 0 Å². The number of ether oxygens (including phenoxy) is 1. The highest BCUT2D eigenvalue weighted by Crippen LogP contribution is 2.40. The molecule has 0 saturated carbocycles. The van der Waals surface area contributed by atoms with Gasteiger partial charge < -0.3 is 15.3 Å². The molecule has 20 heavy (non-hydrogen) atoms. The number of hydrogen-bond donors (Lipinski definition) is 2. The average molecular weight is 268 g/mol. The molecule has 0 aromatic heterocycles. The van der Waals surface area contributed by atoms with Crippen LogP contribution in [0, 0.1) is 0 Å². The van der Waals surface area contributed by atoms with E-state index in [0.29, 0.717) is 17.0 Å². The van der Waals surface area contributed by atoms with Crippen LogP contribution in [0.2, 0.25) is 0 Å². The Kier molecular flexibility index (Phi) is 2.87. The van der Waals surface area contributed by atoms with Crippen molar-refractivity contribution in [3.63, 3.8) is 0 Å². The summed E-state index contributed by atoms with van der Waals surface area (Å²) in [6.07, 6.45) is 0. The lowest BCUT2D eigenvalue weighted by Crippen LogP contribution is -2.14. The Morgan fingerprint density at radius 3 is 2.55 bits per heavy atom. The SMILES string of the molecule is COc1ccc(-c2ccccc2)c2c1NC(=O)/C2=N\O. The molecule has 2 N–H and O–H groups in total. The van der Waals surface area contributed by atoms with Crippen molar-refractivity contribution < 1.29 is 14.7 Å². The summed E-state index contributed by atoms with van der Waals surface area (Å²) in [4.78, 5) is 11.9. The number of anilines is 1. The molecule has 5 heteroatoms. The first-order valence-electron chi connectivity index (χ1n) is 6.06. The van der Waals surface area contributed by atoms with Gasteiger partial charge >= 0.3 is 0 Å². The van der Waals surface area contributed by atoms with Gasteiger partial charge in [-0.05, 0) is 23.3 Å². The lowest BCUT2D eigenvalue weighted by molar-refractivity contribution is -0.110. The Hall–Kier alpha value is -2.82. The van der Waals surface area contributed by atoms with Crippen LogP contribution in [0.4, 0.5) is 5.69 Å². The molecule has 100 valence electrons. The van der Waals surface area contributed by atoms with Crippen LogP contribution in [0.5, 0.6) is 5.75 Å². The van der Waals surface area contributed by atoms with E-state index in [2.05, 4.69) is 10.5 Å². The molecule has 0 unspecified atom stereocenters. The fraction of sp³-hybridized carbons (Fsp3) is 0.0667. The van der Waals surface area contributed by atoms with Crippen molar-refractivity contribution in [1.82, 2.24) is 0 Å². The maximum absolute atomic E-state index is 11.9. The van der Waals surface area contributed by atoms with E-state index in [1.165, 1.54) is 7.11 Å². The zero-order chi connectivity index (χ0) is 14.1. The van der Waals surface area contributed by atoms with E-state index in [0.717, 1.165) is 11.1 Å². The van der Waals surface area contributed by atoms with Crippen LogP contribution in [-0.4, -0.2) is 23.9 Å². The summed E-state index contributed by atoms with van der Waals surface area (Å²) >= 11 is 0. The summed E-state index contributed by atoms with van der Waals surface area (Å²) in [5, 5.41) is 14.9. The van der Waals surface area contributed by atoms with E-state index in [4.69, 9.17) is 9.94 Å². The van der Waals surface area contributed by atoms with Gasteiger partial charge in [0, 0.05) is 5.56 Å². The number of oxime groups is 1. The second kappa shape index (κ2) is 4.70. The minimum Gasteiger partial charge on any atom is -0.495 e. The first-order chi connectivity index (χ1) is 9.76. The van der Waals surface area contributed by atoms with E-state index < -0.39 is 5.91 Å². The maximum atomic E-state index is 11.9. The Morgan fingerprint density at radius 2 is 1.90 bits per heavy atom. The molecule has 1 aliphatic heterocycles. The summed E-state index contributed by atoms with van der Waals surface area (Å²) in [5.41, 5.74) is 2.84. The molecule has 0 aliphatic carbocycles. The number of rotatable bonds is 2.